The SMILES string of the molecule is CCC(NCc1cccc(C)c1)c1ccc(F)cc1. The predicted octanol–water partition coefficient (Wildman–Crippen LogP) is 4.38. The molecule has 1 N–H and O–H groups in total. The zero-order chi connectivity index (χ0) is 13.7. The highest BCUT2D eigenvalue weighted by atomic mass is 19.1. The van der Waals surface area contributed by atoms with Crippen LogP contribution in [0.2, 0.25) is 0 Å². The van der Waals surface area contributed by atoms with E-state index >= 15 is 0 Å². The molecule has 2 aromatic carbocycles. The van der Waals surface area contributed by atoms with Gasteiger partial charge in [-0.25, -0.2) is 4.39 Å². The first-order valence-electron chi connectivity index (χ1n) is 6.73. The summed E-state index contributed by atoms with van der Waals surface area (Å²) in [7, 11) is 0. The summed E-state index contributed by atoms with van der Waals surface area (Å²) in [4.78, 5) is 0. The second-order valence-electron chi connectivity index (χ2n) is 4.88. The van der Waals surface area contributed by atoms with E-state index in [1.165, 1.54) is 23.3 Å². The number of hydrogen-bond donors (Lipinski definition) is 1. The molecule has 2 heteroatoms. The first-order chi connectivity index (χ1) is 9.19. The Kier molecular flexibility index (Phi) is 4.69. The monoisotopic (exact) mass is 257 g/mol. The van der Waals surface area contributed by atoms with Crippen LogP contribution < -0.4 is 5.32 Å². The molecule has 0 spiro atoms. The minimum atomic E-state index is -0.183. The van der Waals surface area contributed by atoms with Crippen molar-refractivity contribution in [3.05, 3.63) is 71.0 Å². The lowest BCUT2D eigenvalue weighted by Crippen LogP contribution is -2.20. The molecular weight excluding hydrogens is 237 g/mol. The highest BCUT2D eigenvalue weighted by Gasteiger charge is 2.08. The summed E-state index contributed by atoms with van der Waals surface area (Å²) in [5.74, 6) is -0.183. The van der Waals surface area contributed by atoms with E-state index in [2.05, 4.69) is 43.4 Å². The minimum Gasteiger partial charge on any atom is -0.306 e. The van der Waals surface area contributed by atoms with Crippen LogP contribution >= 0.6 is 0 Å². The molecule has 0 aliphatic heterocycles. The average Bonchev–Trinajstić information content (AvgIpc) is 2.41. The van der Waals surface area contributed by atoms with Crippen LogP contribution in [0.4, 0.5) is 4.39 Å². The Hall–Kier alpha value is -1.67. The van der Waals surface area contributed by atoms with E-state index in [4.69, 9.17) is 0 Å². The predicted molar refractivity (Wildman–Crippen MR) is 77.5 cm³/mol. The van der Waals surface area contributed by atoms with Gasteiger partial charge in [-0.15, -0.1) is 0 Å². The summed E-state index contributed by atoms with van der Waals surface area (Å²) in [5, 5.41) is 3.53. The third kappa shape index (κ3) is 3.90. The van der Waals surface area contributed by atoms with Gasteiger partial charge < -0.3 is 5.32 Å². The van der Waals surface area contributed by atoms with Crippen LogP contribution in [0.25, 0.3) is 0 Å². The van der Waals surface area contributed by atoms with E-state index in [1.54, 1.807) is 0 Å². The number of hydrogen-bond acceptors (Lipinski definition) is 1. The van der Waals surface area contributed by atoms with E-state index in [-0.39, 0.29) is 11.9 Å². The Labute approximate surface area is 114 Å². The van der Waals surface area contributed by atoms with Crippen molar-refractivity contribution in [1.29, 1.82) is 0 Å². The fourth-order valence-electron chi connectivity index (χ4n) is 2.26. The molecule has 0 amide bonds. The zero-order valence-corrected chi connectivity index (χ0v) is 11.5. The number of rotatable bonds is 5. The number of halogens is 1. The normalized spacial score (nSPS) is 12.4. The van der Waals surface area contributed by atoms with Crippen LogP contribution in [0.1, 0.15) is 36.1 Å². The molecule has 1 nitrogen and oxygen atoms in total. The van der Waals surface area contributed by atoms with Crippen molar-refractivity contribution in [3.8, 4) is 0 Å². The number of benzene rings is 2. The van der Waals surface area contributed by atoms with Gasteiger partial charge in [0.05, 0.1) is 0 Å². The van der Waals surface area contributed by atoms with Crippen molar-refractivity contribution < 1.29 is 4.39 Å². The van der Waals surface area contributed by atoms with Crippen molar-refractivity contribution in [2.75, 3.05) is 0 Å². The van der Waals surface area contributed by atoms with Gasteiger partial charge in [-0.05, 0) is 36.6 Å². The summed E-state index contributed by atoms with van der Waals surface area (Å²) in [5.41, 5.74) is 3.69. The fourth-order valence-corrected chi connectivity index (χ4v) is 2.26. The number of aryl methyl sites for hydroxylation is 1. The second-order valence-corrected chi connectivity index (χ2v) is 4.88. The van der Waals surface area contributed by atoms with Crippen LogP contribution in [0.15, 0.2) is 48.5 Å². The van der Waals surface area contributed by atoms with Gasteiger partial charge >= 0.3 is 0 Å². The van der Waals surface area contributed by atoms with E-state index in [1.807, 2.05) is 12.1 Å². The Balaban J connectivity index is 2.01. The zero-order valence-electron chi connectivity index (χ0n) is 11.5. The molecule has 0 aliphatic rings. The first-order valence-corrected chi connectivity index (χ1v) is 6.73. The molecule has 2 rings (SSSR count). The Morgan fingerprint density at radius 3 is 2.47 bits per heavy atom. The summed E-state index contributed by atoms with van der Waals surface area (Å²) in [6.45, 7) is 5.07. The van der Waals surface area contributed by atoms with Gasteiger partial charge in [0, 0.05) is 12.6 Å². The van der Waals surface area contributed by atoms with Gasteiger partial charge in [0.1, 0.15) is 5.82 Å². The lowest BCUT2D eigenvalue weighted by Gasteiger charge is -2.17. The lowest BCUT2D eigenvalue weighted by atomic mass is 10.0. The largest absolute Gasteiger partial charge is 0.306 e. The summed E-state index contributed by atoms with van der Waals surface area (Å²) in [6, 6.07) is 15.5. The molecule has 0 fully saturated rings. The van der Waals surface area contributed by atoms with Crippen LogP contribution in [0.3, 0.4) is 0 Å². The van der Waals surface area contributed by atoms with E-state index in [9.17, 15) is 4.39 Å². The van der Waals surface area contributed by atoms with Crippen molar-refractivity contribution in [2.45, 2.75) is 32.9 Å². The van der Waals surface area contributed by atoms with Crippen LogP contribution in [-0.4, -0.2) is 0 Å². The molecule has 0 saturated heterocycles. The molecule has 1 unspecified atom stereocenters. The minimum absolute atomic E-state index is 0.183. The molecule has 2 aromatic rings. The molecule has 100 valence electrons. The molecule has 0 saturated carbocycles. The third-order valence-electron chi connectivity index (χ3n) is 3.32. The molecule has 1 atom stereocenters. The lowest BCUT2D eigenvalue weighted by molar-refractivity contribution is 0.517. The van der Waals surface area contributed by atoms with E-state index in [0.717, 1.165) is 18.5 Å². The van der Waals surface area contributed by atoms with Crippen molar-refractivity contribution in [2.24, 2.45) is 0 Å². The van der Waals surface area contributed by atoms with Gasteiger partial charge in [-0.2, -0.15) is 0 Å². The van der Waals surface area contributed by atoms with Gasteiger partial charge in [0.15, 0.2) is 0 Å². The van der Waals surface area contributed by atoms with Gasteiger partial charge in [0.25, 0.3) is 0 Å². The van der Waals surface area contributed by atoms with Gasteiger partial charge in [0.2, 0.25) is 0 Å². The van der Waals surface area contributed by atoms with Crippen LogP contribution in [-0.2, 0) is 6.54 Å². The van der Waals surface area contributed by atoms with Crippen LogP contribution in [0, 0.1) is 12.7 Å². The standard InChI is InChI=1S/C17H20FN/c1-3-17(15-7-9-16(18)10-8-15)19-12-14-6-4-5-13(2)11-14/h4-11,17,19H,3,12H2,1-2H3. The molecule has 0 aliphatic carbocycles. The molecule has 0 bridgehead atoms. The molecule has 0 heterocycles. The van der Waals surface area contributed by atoms with Gasteiger partial charge in [-0.3, -0.25) is 0 Å². The quantitative estimate of drug-likeness (QED) is 0.838. The molecular formula is C17H20FN. The maximum atomic E-state index is 12.9. The van der Waals surface area contributed by atoms with E-state index < -0.39 is 0 Å². The third-order valence-corrected chi connectivity index (χ3v) is 3.32. The summed E-state index contributed by atoms with van der Waals surface area (Å²) >= 11 is 0. The van der Waals surface area contributed by atoms with Crippen molar-refractivity contribution in [1.82, 2.24) is 5.32 Å². The fraction of sp³-hybridized carbons (Fsp3) is 0.294. The summed E-state index contributed by atoms with van der Waals surface area (Å²) in [6.07, 6.45) is 0.984. The maximum absolute atomic E-state index is 12.9. The molecule has 0 radical (unpaired) electrons. The Morgan fingerprint density at radius 1 is 1.11 bits per heavy atom. The Bertz CT molecular complexity index is 519. The van der Waals surface area contributed by atoms with Gasteiger partial charge in [-0.1, -0.05) is 48.9 Å². The first kappa shape index (κ1) is 13.8. The topological polar surface area (TPSA) is 12.0 Å². The van der Waals surface area contributed by atoms with Crippen molar-refractivity contribution in [3.63, 3.8) is 0 Å². The smallest absolute Gasteiger partial charge is 0.123 e. The average molecular weight is 257 g/mol. The second kappa shape index (κ2) is 6.48. The number of nitrogens with one attached hydrogen (secondary N) is 1. The molecule has 0 aromatic heterocycles. The van der Waals surface area contributed by atoms with Crippen molar-refractivity contribution >= 4 is 0 Å². The molecule has 19 heavy (non-hydrogen) atoms. The Morgan fingerprint density at radius 2 is 1.84 bits per heavy atom. The van der Waals surface area contributed by atoms with E-state index in [0.29, 0.717) is 0 Å². The summed E-state index contributed by atoms with van der Waals surface area (Å²) < 4.78 is 12.9. The highest BCUT2D eigenvalue weighted by Crippen LogP contribution is 2.17. The van der Waals surface area contributed by atoms with Crippen LogP contribution in [0.5, 0.6) is 0 Å². The highest BCUT2D eigenvalue weighted by molar-refractivity contribution is 5.23. The maximum Gasteiger partial charge on any atom is 0.123 e.